The van der Waals surface area contributed by atoms with Gasteiger partial charge in [0.2, 0.25) is 0 Å². The molecule has 0 fully saturated rings. The van der Waals surface area contributed by atoms with Crippen molar-refractivity contribution in [2.75, 3.05) is 6.61 Å². The lowest BCUT2D eigenvalue weighted by Crippen LogP contribution is -1.97. The first-order chi connectivity index (χ1) is 14.5. The van der Waals surface area contributed by atoms with Gasteiger partial charge in [0.1, 0.15) is 11.6 Å². The van der Waals surface area contributed by atoms with Gasteiger partial charge in [-0.15, -0.1) is 0 Å². The van der Waals surface area contributed by atoms with Crippen LogP contribution >= 0.6 is 0 Å². The number of halogens is 3. The summed E-state index contributed by atoms with van der Waals surface area (Å²) in [4.78, 5) is 4.41. The zero-order valence-corrected chi connectivity index (χ0v) is 16.5. The molecule has 4 rings (SSSR count). The highest BCUT2D eigenvalue weighted by molar-refractivity contribution is 5.88. The van der Waals surface area contributed by atoms with Gasteiger partial charge < -0.3 is 4.74 Å². The van der Waals surface area contributed by atoms with E-state index in [1.807, 2.05) is 37.3 Å². The molecule has 0 aliphatic rings. The van der Waals surface area contributed by atoms with E-state index >= 15 is 4.39 Å². The quantitative estimate of drug-likeness (QED) is 0.364. The van der Waals surface area contributed by atoms with Gasteiger partial charge in [-0.3, -0.25) is 4.98 Å². The molecule has 3 aromatic carbocycles. The summed E-state index contributed by atoms with van der Waals surface area (Å²) in [6.45, 7) is 2.49. The van der Waals surface area contributed by atoms with E-state index < -0.39 is 11.6 Å². The van der Waals surface area contributed by atoms with Crippen LogP contribution in [0, 0.1) is 17.5 Å². The van der Waals surface area contributed by atoms with Crippen molar-refractivity contribution in [3.63, 3.8) is 0 Å². The van der Waals surface area contributed by atoms with E-state index in [1.165, 1.54) is 6.07 Å². The van der Waals surface area contributed by atoms with E-state index in [0.29, 0.717) is 41.7 Å². The van der Waals surface area contributed by atoms with Gasteiger partial charge >= 0.3 is 0 Å². The molecule has 152 valence electrons. The summed E-state index contributed by atoms with van der Waals surface area (Å²) in [7, 11) is 0. The molecular weight excluding hydrogens is 387 g/mol. The van der Waals surface area contributed by atoms with Crippen LogP contribution in [0.15, 0.2) is 66.9 Å². The Morgan fingerprint density at radius 1 is 0.833 bits per heavy atom. The second kappa shape index (κ2) is 8.57. The Kier molecular flexibility index (Phi) is 5.70. The highest BCUT2D eigenvalue weighted by atomic mass is 19.2. The van der Waals surface area contributed by atoms with Crippen LogP contribution in [0.3, 0.4) is 0 Å². The molecule has 1 aromatic heterocycles. The van der Waals surface area contributed by atoms with E-state index in [1.54, 1.807) is 18.3 Å². The van der Waals surface area contributed by atoms with Crippen LogP contribution in [0.25, 0.3) is 22.0 Å². The molecule has 0 atom stereocenters. The summed E-state index contributed by atoms with van der Waals surface area (Å²) in [5, 5.41) is 1.30. The summed E-state index contributed by atoms with van der Waals surface area (Å²) >= 11 is 0. The van der Waals surface area contributed by atoms with E-state index in [4.69, 9.17) is 4.74 Å². The van der Waals surface area contributed by atoms with Crippen LogP contribution in [-0.4, -0.2) is 11.6 Å². The van der Waals surface area contributed by atoms with E-state index in [0.717, 1.165) is 28.8 Å². The van der Waals surface area contributed by atoms with Crippen molar-refractivity contribution in [2.45, 2.75) is 19.8 Å². The molecule has 30 heavy (non-hydrogen) atoms. The fourth-order valence-electron chi connectivity index (χ4n) is 3.47. The van der Waals surface area contributed by atoms with Crippen molar-refractivity contribution in [3.8, 4) is 17.0 Å². The average Bonchev–Trinajstić information content (AvgIpc) is 2.76. The predicted octanol–water partition coefficient (Wildman–Crippen LogP) is 6.50. The van der Waals surface area contributed by atoms with E-state index in [2.05, 4.69) is 4.98 Å². The molecule has 4 aromatic rings. The lowest BCUT2D eigenvalue weighted by Gasteiger charge is -2.09. The highest BCUT2D eigenvalue weighted by Crippen LogP contribution is 2.28. The van der Waals surface area contributed by atoms with Gasteiger partial charge in [-0.25, -0.2) is 13.2 Å². The molecule has 0 bridgehead atoms. The average molecular weight is 407 g/mol. The smallest absolute Gasteiger partial charge is 0.159 e. The zero-order valence-electron chi connectivity index (χ0n) is 16.5. The van der Waals surface area contributed by atoms with Crippen LogP contribution in [0.5, 0.6) is 5.75 Å². The molecule has 0 saturated carbocycles. The summed E-state index contributed by atoms with van der Waals surface area (Å²) in [6, 6.07) is 16.6. The fourth-order valence-corrected chi connectivity index (χ4v) is 3.47. The number of nitrogens with zero attached hydrogens (tertiary/aromatic N) is 1. The minimum Gasteiger partial charge on any atom is -0.492 e. The Morgan fingerprint density at radius 3 is 2.43 bits per heavy atom. The molecular formula is C25H20F3NO. The molecule has 2 nitrogen and oxygen atoms in total. The molecule has 0 radical (unpaired) electrons. The van der Waals surface area contributed by atoms with Gasteiger partial charge in [0, 0.05) is 10.9 Å². The molecule has 0 spiro atoms. The summed E-state index contributed by atoms with van der Waals surface area (Å²) in [5.41, 5.74) is 2.84. The van der Waals surface area contributed by atoms with Crippen LogP contribution in [0.1, 0.15) is 18.1 Å². The number of fused-ring (bicyclic) bond motifs is 1. The fraction of sp³-hybridized carbons (Fsp3) is 0.160. The van der Waals surface area contributed by atoms with Gasteiger partial charge in [-0.2, -0.15) is 0 Å². The summed E-state index contributed by atoms with van der Waals surface area (Å²) < 4.78 is 46.9. The Bertz CT molecular complexity index is 1190. The first-order valence-corrected chi connectivity index (χ1v) is 9.79. The largest absolute Gasteiger partial charge is 0.492 e. The van der Waals surface area contributed by atoms with Crippen molar-refractivity contribution < 1.29 is 17.9 Å². The highest BCUT2D eigenvalue weighted by Gasteiger charge is 2.10. The van der Waals surface area contributed by atoms with Gasteiger partial charge in [0.05, 0.1) is 18.5 Å². The number of aromatic nitrogens is 1. The number of hydrogen-bond acceptors (Lipinski definition) is 2. The zero-order chi connectivity index (χ0) is 21.1. The Labute approximate surface area is 173 Å². The van der Waals surface area contributed by atoms with Gasteiger partial charge in [-0.05, 0) is 66.6 Å². The molecule has 0 unspecified atom stereocenters. The molecule has 0 aliphatic carbocycles. The maximum absolute atomic E-state index is 15.0. The van der Waals surface area contributed by atoms with Crippen molar-refractivity contribution in [2.24, 2.45) is 0 Å². The SMILES string of the molecule is CCOc1ccc(-c2ccc3c(F)c(CCc4ccc(F)c(F)c4)ccc3c2)nc1. The standard InChI is InChI=1S/C25H20F3NO/c1-2-30-20-9-12-24(29-15-20)19-8-10-21-18(14-19)7-6-17(25(21)28)5-3-16-4-11-22(26)23(27)13-16/h4,6-15H,2-3,5H2,1H3. The summed E-state index contributed by atoms with van der Waals surface area (Å²) in [5.74, 6) is -1.35. The molecule has 0 N–H and O–H groups in total. The van der Waals surface area contributed by atoms with Crippen LogP contribution in [-0.2, 0) is 12.8 Å². The Hall–Kier alpha value is -3.34. The first-order valence-electron chi connectivity index (χ1n) is 9.79. The number of ether oxygens (including phenoxy) is 1. The molecule has 0 amide bonds. The minimum atomic E-state index is -0.887. The maximum atomic E-state index is 15.0. The van der Waals surface area contributed by atoms with Gasteiger partial charge in [0.25, 0.3) is 0 Å². The number of benzene rings is 3. The topological polar surface area (TPSA) is 22.1 Å². The van der Waals surface area contributed by atoms with Crippen LogP contribution < -0.4 is 4.74 Å². The van der Waals surface area contributed by atoms with Gasteiger partial charge in [0.15, 0.2) is 11.6 Å². The van der Waals surface area contributed by atoms with Gasteiger partial charge in [-0.1, -0.05) is 30.3 Å². The normalized spacial score (nSPS) is 11.1. The van der Waals surface area contributed by atoms with E-state index in [9.17, 15) is 8.78 Å². The molecule has 5 heteroatoms. The maximum Gasteiger partial charge on any atom is 0.159 e. The van der Waals surface area contributed by atoms with Crippen molar-refractivity contribution >= 4 is 10.8 Å². The number of pyridine rings is 1. The number of rotatable bonds is 6. The van der Waals surface area contributed by atoms with Crippen molar-refractivity contribution in [1.29, 1.82) is 0 Å². The second-order valence-corrected chi connectivity index (χ2v) is 7.04. The lowest BCUT2D eigenvalue weighted by atomic mass is 9.98. The molecule has 0 aliphatic heterocycles. The number of hydrogen-bond donors (Lipinski definition) is 0. The third-order valence-corrected chi connectivity index (χ3v) is 5.04. The Morgan fingerprint density at radius 2 is 1.70 bits per heavy atom. The second-order valence-electron chi connectivity index (χ2n) is 7.04. The first kappa shape index (κ1) is 20.0. The summed E-state index contributed by atoms with van der Waals surface area (Å²) in [6.07, 6.45) is 2.49. The Balaban J connectivity index is 1.56. The van der Waals surface area contributed by atoms with E-state index in [-0.39, 0.29) is 5.82 Å². The van der Waals surface area contributed by atoms with Crippen molar-refractivity contribution in [3.05, 3.63) is 95.4 Å². The monoisotopic (exact) mass is 407 g/mol. The molecule has 1 heterocycles. The third-order valence-electron chi connectivity index (χ3n) is 5.04. The third kappa shape index (κ3) is 4.15. The van der Waals surface area contributed by atoms with Crippen molar-refractivity contribution in [1.82, 2.24) is 4.98 Å². The van der Waals surface area contributed by atoms with Crippen LogP contribution in [0.2, 0.25) is 0 Å². The predicted molar refractivity (Wildman–Crippen MR) is 112 cm³/mol. The molecule has 0 saturated heterocycles. The van der Waals surface area contributed by atoms with Crippen LogP contribution in [0.4, 0.5) is 13.2 Å². The lowest BCUT2D eigenvalue weighted by molar-refractivity contribution is 0.339. The minimum absolute atomic E-state index is 0.290. The number of aryl methyl sites for hydroxylation is 2.